The molecule has 1 aromatic carbocycles. The van der Waals surface area contributed by atoms with Gasteiger partial charge in [0, 0.05) is 19.7 Å². The molecule has 1 aromatic rings. The molecule has 1 unspecified atom stereocenters. The van der Waals surface area contributed by atoms with E-state index in [2.05, 4.69) is 43.4 Å². The molecule has 1 saturated heterocycles. The van der Waals surface area contributed by atoms with E-state index in [4.69, 9.17) is 9.47 Å². The maximum absolute atomic E-state index is 5.72. The van der Waals surface area contributed by atoms with Crippen molar-refractivity contribution in [2.45, 2.75) is 33.2 Å². The van der Waals surface area contributed by atoms with Gasteiger partial charge in [-0.1, -0.05) is 26.0 Å². The van der Waals surface area contributed by atoms with Crippen LogP contribution in [0.4, 0.5) is 0 Å². The van der Waals surface area contributed by atoms with E-state index in [-0.39, 0.29) is 0 Å². The van der Waals surface area contributed by atoms with Crippen molar-refractivity contribution in [1.29, 1.82) is 0 Å². The molecule has 0 bridgehead atoms. The Morgan fingerprint density at radius 3 is 2.75 bits per heavy atom. The lowest BCUT2D eigenvalue weighted by molar-refractivity contribution is 0.185. The first-order valence-corrected chi connectivity index (χ1v) is 7.74. The first kappa shape index (κ1) is 15.3. The highest BCUT2D eigenvalue weighted by Crippen LogP contribution is 2.14. The van der Waals surface area contributed by atoms with Gasteiger partial charge >= 0.3 is 0 Å². The summed E-state index contributed by atoms with van der Waals surface area (Å²) < 4.78 is 11.1. The molecule has 0 saturated carbocycles. The highest BCUT2D eigenvalue weighted by molar-refractivity contribution is 5.27. The Bertz CT molecular complexity index is 369. The molecule has 20 heavy (non-hydrogen) atoms. The number of hydrogen-bond donors (Lipinski definition) is 1. The predicted octanol–water partition coefficient (Wildman–Crippen LogP) is 3.24. The van der Waals surface area contributed by atoms with Crippen molar-refractivity contribution < 1.29 is 9.47 Å². The number of nitrogens with one attached hydrogen (secondary N) is 1. The highest BCUT2D eigenvalue weighted by Gasteiger charge is 2.14. The van der Waals surface area contributed by atoms with Gasteiger partial charge in [0.05, 0.1) is 13.2 Å². The maximum Gasteiger partial charge on any atom is 0.119 e. The molecular formula is C17H27NO2. The fourth-order valence-corrected chi connectivity index (χ4v) is 2.28. The smallest absolute Gasteiger partial charge is 0.119 e. The molecule has 1 aliphatic heterocycles. The van der Waals surface area contributed by atoms with Crippen molar-refractivity contribution in [3.05, 3.63) is 29.8 Å². The number of benzene rings is 1. The average molecular weight is 277 g/mol. The third-order valence-electron chi connectivity index (χ3n) is 3.67. The van der Waals surface area contributed by atoms with Gasteiger partial charge in [0.2, 0.25) is 0 Å². The molecule has 0 radical (unpaired) electrons. The van der Waals surface area contributed by atoms with Crippen LogP contribution in [0, 0.1) is 11.8 Å². The van der Waals surface area contributed by atoms with Crippen molar-refractivity contribution in [2.24, 2.45) is 11.8 Å². The first-order valence-electron chi connectivity index (χ1n) is 7.74. The predicted molar refractivity (Wildman–Crippen MR) is 82.0 cm³/mol. The molecule has 1 fully saturated rings. The van der Waals surface area contributed by atoms with E-state index in [1.807, 2.05) is 0 Å². The molecule has 1 aliphatic rings. The van der Waals surface area contributed by atoms with Crippen LogP contribution in [-0.2, 0) is 11.3 Å². The molecular weight excluding hydrogens is 250 g/mol. The summed E-state index contributed by atoms with van der Waals surface area (Å²) >= 11 is 0. The summed E-state index contributed by atoms with van der Waals surface area (Å²) in [7, 11) is 0. The van der Waals surface area contributed by atoms with E-state index in [0.29, 0.717) is 11.8 Å². The molecule has 3 heteroatoms. The molecule has 0 aromatic heterocycles. The van der Waals surface area contributed by atoms with E-state index in [1.165, 1.54) is 12.0 Å². The Labute approximate surface area is 122 Å². The lowest BCUT2D eigenvalue weighted by atomic mass is 10.1. The van der Waals surface area contributed by atoms with Crippen molar-refractivity contribution >= 4 is 0 Å². The van der Waals surface area contributed by atoms with Gasteiger partial charge in [-0.2, -0.15) is 0 Å². The SMILES string of the molecule is CC(C)CCOc1ccc(CNCC2CCOC2)cc1. The minimum atomic E-state index is 0.689. The van der Waals surface area contributed by atoms with Crippen molar-refractivity contribution in [2.75, 3.05) is 26.4 Å². The number of ether oxygens (including phenoxy) is 2. The van der Waals surface area contributed by atoms with Gasteiger partial charge in [-0.05, 0) is 42.4 Å². The Hall–Kier alpha value is -1.06. The van der Waals surface area contributed by atoms with Crippen LogP contribution in [0.1, 0.15) is 32.3 Å². The van der Waals surface area contributed by atoms with Gasteiger partial charge in [-0.3, -0.25) is 0 Å². The van der Waals surface area contributed by atoms with E-state index in [9.17, 15) is 0 Å². The Morgan fingerprint density at radius 1 is 1.30 bits per heavy atom. The minimum absolute atomic E-state index is 0.689. The molecule has 0 aliphatic carbocycles. The molecule has 1 atom stereocenters. The lowest BCUT2D eigenvalue weighted by Crippen LogP contribution is -2.22. The monoisotopic (exact) mass is 277 g/mol. The van der Waals surface area contributed by atoms with Crippen molar-refractivity contribution in [1.82, 2.24) is 5.32 Å². The summed E-state index contributed by atoms with van der Waals surface area (Å²) in [5.41, 5.74) is 1.31. The quantitative estimate of drug-likeness (QED) is 0.791. The molecule has 2 rings (SSSR count). The van der Waals surface area contributed by atoms with Gasteiger partial charge < -0.3 is 14.8 Å². The van der Waals surface area contributed by atoms with E-state index in [0.717, 1.165) is 45.1 Å². The molecule has 1 N–H and O–H groups in total. The van der Waals surface area contributed by atoms with Crippen molar-refractivity contribution in [3.8, 4) is 5.75 Å². The summed E-state index contributed by atoms with van der Waals surface area (Å²) in [4.78, 5) is 0. The zero-order valence-corrected chi connectivity index (χ0v) is 12.7. The zero-order chi connectivity index (χ0) is 14.2. The fourth-order valence-electron chi connectivity index (χ4n) is 2.28. The van der Waals surface area contributed by atoms with Crippen LogP contribution in [0.15, 0.2) is 24.3 Å². The number of hydrogen-bond acceptors (Lipinski definition) is 3. The van der Waals surface area contributed by atoms with Gasteiger partial charge in [0.25, 0.3) is 0 Å². The van der Waals surface area contributed by atoms with Crippen LogP contribution in [0.25, 0.3) is 0 Å². The van der Waals surface area contributed by atoms with Gasteiger partial charge in [-0.25, -0.2) is 0 Å². The second kappa shape index (κ2) is 8.28. The fraction of sp³-hybridized carbons (Fsp3) is 0.647. The number of rotatable bonds is 8. The van der Waals surface area contributed by atoms with Gasteiger partial charge in [-0.15, -0.1) is 0 Å². The molecule has 0 amide bonds. The standard InChI is InChI=1S/C17H27NO2/c1-14(2)7-10-20-17-5-3-15(4-6-17)11-18-12-16-8-9-19-13-16/h3-6,14,16,18H,7-13H2,1-2H3. The first-order chi connectivity index (χ1) is 9.74. The molecule has 0 spiro atoms. The summed E-state index contributed by atoms with van der Waals surface area (Å²) in [6.07, 6.45) is 2.29. The van der Waals surface area contributed by atoms with Gasteiger partial charge in [0.15, 0.2) is 0 Å². The minimum Gasteiger partial charge on any atom is -0.494 e. The maximum atomic E-state index is 5.72. The second-order valence-corrected chi connectivity index (χ2v) is 6.04. The Balaban J connectivity index is 1.65. The van der Waals surface area contributed by atoms with Crippen LogP contribution in [-0.4, -0.2) is 26.4 Å². The summed E-state index contributed by atoms with van der Waals surface area (Å²) in [6, 6.07) is 8.41. The van der Waals surface area contributed by atoms with Crippen LogP contribution in [0.5, 0.6) is 5.75 Å². The highest BCUT2D eigenvalue weighted by atomic mass is 16.5. The van der Waals surface area contributed by atoms with E-state index < -0.39 is 0 Å². The summed E-state index contributed by atoms with van der Waals surface area (Å²) in [5, 5.41) is 3.50. The largest absolute Gasteiger partial charge is 0.494 e. The summed E-state index contributed by atoms with van der Waals surface area (Å²) in [5.74, 6) is 2.35. The van der Waals surface area contributed by atoms with Gasteiger partial charge in [0.1, 0.15) is 5.75 Å². The third kappa shape index (κ3) is 5.51. The van der Waals surface area contributed by atoms with Crippen LogP contribution >= 0.6 is 0 Å². The molecule has 112 valence electrons. The lowest BCUT2D eigenvalue weighted by Gasteiger charge is -2.11. The van der Waals surface area contributed by atoms with Crippen LogP contribution < -0.4 is 10.1 Å². The molecule has 3 nitrogen and oxygen atoms in total. The summed E-state index contributed by atoms with van der Waals surface area (Å²) in [6.45, 7) is 9.04. The topological polar surface area (TPSA) is 30.5 Å². The third-order valence-corrected chi connectivity index (χ3v) is 3.67. The van der Waals surface area contributed by atoms with Crippen molar-refractivity contribution in [3.63, 3.8) is 0 Å². The molecule has 1 heterocycles. The van der Waals surface area contributed by atoms with E-state index >= 15 is 0 Å². The van der Waals surface area contributed by atoms with Crippen LogP contribution in [0.3, 0.4) is 0 Å². The van der Waals surface area contributed by atoms with E-state index in [1.54, 1.807) is 0 Å². The second-order valence-electron chi connectivity index (χ2n) is 6.04. The van der Waals surface area contributed by atoms with Crippen LogP contribution in [0.2, 0.25) is 0 Å². The normalized spacial score (nSPS) is 18.6. The Morgan fingerprint density at radius 2 is 2.10 bits per heavy atom. The zero-order valence-electron chi connectivity index (χ0n) is 12.7. The Kier molecular flexibility index (Phi) is 6.34. The average Bonchev–Trinajstić information content (AvgIpc) is 2.93.